The number of rotatable bonds is 4. The normalized spacial score (nSPS) is 10.7. The van der Waals surface area contributed by atoms with E-state index in [2.05, 4.69) is 10.3 Å². The van der Waals surface area contributed by atoms with Gasteiger partial charge in [0.25, 0.3) is 0 Å². The van der Waals surface area contributed by atoms with Crippen LogP contribution >= 0.6 is 11.3 Å². The molecule has 0 aliphatic heterocycles. The topological polar surface area (TPSA) is 72.5 Å². The first-order valence-corrected chi connectivity index (χ1v) is 6.51. The lowest BCUT2D eigenvalue weighted by molar-refractivity contribution is -0.389. The molecule has 6 nitrogen and oxygen atoms in total. The fraction of sp³-hybridized carbons (Fsp3) is 0.0833. The van der Waals surface area contributed by atoms with Crippen LogP contribution in [0.5, 0.6) is 0 Å². The Morgan fingerprint density at radius 3 is 3.00 bits per heavy atom. The molecule has 3 aromatic rings. The predicted octanol–water partition coefficient (Wildman–Crippen LogP) is 2.92. The van der Waals surface area contributed by atoms with Crippen molar-refractivity contribution < 1.29 is 4.92 Å². The number of anilines is 1. The second-order valence-corrected chi connectivity index (χ2v) is 4.94. The smallest absolute Gasteiger partial charge is 0.358 e. The number of aromatic nitrogens is 2. The minimum atomic E-state index is -0.420. The molecule has 96 valence electrons. The molecule has 3 rings (SSSR count). The van der Waals surface area contributed by atoms with Gasteiger partial charge in [0.15, 0.2) is 0 Å². The summed E-state index contributed by atoms with van der Waals surface area (Å²) < 4.78 is 1.47. The van der Waals surface area contributed by atoms with E-state index in [0.29, 0.717) is 18.0 Å². The fourth-order valence-corrected chi connectivity index (χ4v) is 2.50. The highest BCUT2D eigenvalue weighted by atomic mass is 32.1. The van der Waals surface area contributed by atoms with Gasteiger partial charge in [-0.1, -0.05) is 12.1 Å². The van der Waals surface area contributed by atoms with Crippen LogP contribution in [-0.2, 0) is 6.54 Å². The first-order valence-electron chi connectivity index (χ1n) is 5.63. The Morgan fingerprint density at radius 1 is 1.37 bits per heavy atom. The minimum Gasteiger partial charge on any atom is -0.358 e. The monoisotopic (exact) mass is 274 g/mol. The van der Waals surface area contributed by atoms with E-state index < -0.39 is 4.92 Å². The highest BCUT2D eigenvalue weighted by Gasteiger charge is 2.21. The van der Waals surface area contributed by atoms with Gasteiger partial charge in [0, 0.05) is 10.9 Å². The van der Waals surface area contributed by atoms with Gasteiger partial charge in [-0.3, -0.25) is 0 Å². The molecule has 0 aliphatic rings. The molecule has 0 atom stereocenters. The summed E-state index contributed by atoms with van der Waals surface area (Å²) in [7, 11) is 0. The highest BCUT2D eigenvalue weighted by Crippen LogP contribution is 2.26. The molecule has 0 aliphatic carbocycles. The summed E-state index contributed by atoms with van der Waals surface area (Å²) in [6.07, 6.45) is 1.64. The second-order valence-electron chi connectivity index (χ2n) is 3.90. The number of pyridine rings is 1. The van der Waals surface area contributed by atoms with Gasteiger partial charge in [0.05, 0.1) is 12.7 Å². The third kappa shape index (κ3) is 2.15. The molecular formula is C12H10N4O2S. The number of imidazole rings is 1. The van der Waals surface area contributed by atoms with Gasteiger partial charge in [0.1, 0.15) is 0 Å². The van der Waals surface area contributed by atoms with Crippen molar-refractivity contribution in [3.63, 3.8) is 0 Å². The van der Waals surface area contributed by atoms with Crippen molar-refractivity contribution in [2.45, 2.75) is 6.54 Å². The van der Waals surface area contributed by atoms with Crippen LogP contribution in [0.25, 0.3) is 5.65 Å². The van der Waals surface area contributed by atoms with Crippen molar-refractivity contribution >= 4 is 28.6 Å². The molecule has 0 aromatic carbocycles. The highest BCUT2D eigenvalue weighted by molar-refractivity contribution is 7.09. The third-order valence-corrected chi connectivity index (χ3v) is 3.56. The summed E-state index contributed by atoms with van der Waals surface area (Å²) >= 11 is 1.60. The van der Waals surface area contributed by atoms with E-state index >= 15 is 0 Å². The third-order valence-electron chi connectivity index (χ3n) is 2.69. The molecule has 3 heterocycles. The van der Waals surface area contributed by atoms with Gasteiger partial charge in [-0.15, -0.1) is 11.3 Å². The molecule has 7 heteroatoms. The van der Waals surface area contributed by atoms with Crippen LogP contribution in [-0.4, -0.2) is 14.3 Å². The second kappa shape index (κ2) is 4.69. The van der Waals surface area contributed by atoms with E-state index in [4.69, 9.17) is 0 Å². The quantitative estimate of drug-likeness (QED) is 0.586. The lowest BCUT2D eigenvalue weighted by Crippen LogP contribution is -2.02. The number of hydrogen-bond donors (Lipinski definition) is 1. The zero-order valence-electron chi connectivity index (χ0n) is 9.81. The molecule has 0 saturated heterocycles. The number of nitro groups is 1. The molecule has 0 fully saturated rings. The molecule has 0 saturated carbocycles. The van der Waals surface area contributed by atoms with Crippen molar-refractivity contribution in [2.75, 3.05) is 5.32 Å². The average Bonchev–Trinajstić information content (AvgIpc) is 3.03. The van der Waals surface area contributed by atoms with E-state index in [9.17, 15) is 10.1 Å². The standard InChI is InChI=1S/C12H10N4O2S/c17-16(18)12-11(13-8-9-4-3-7-19-9)14-10-5-1-2-6-15(10)12/h1-7,13H,8H2. The van der Waals surface area contributed by atoms with Crippen LogP contribution in [0.3, 0.4) is 0 Å². The number of thiophene rings is 1. The molecule has 19 heavy (non-hydrogen) atoms. The Morgan fingerprint density at radius 2 is 2.26 bits per heavy atom. The van der Waals surface area contributed by atoms with Crippen molar-refractivity contribution in [3.8, 4) is 0 Å². The van der Waals surface area contributed by atoms with Crippen LogP contribution in [0, 0.1) is 10.1 Å². The van der Waals surface area contributed by atoms with Crippen molar-refractivity contribution in [3.05, 3.63) is 56.9 Å². The summed E-state index contributed by atoms with van der Waals surface area (Å²) in [5, 5.41) is 16.2. The van der Waals surface area contributed by atoms with Crippen molar-refractivity contribution in [1.29, 1.82) is 0 Å². The van der Waals surface area contributed by atoms with Crippen molar-refractivity contribution in [1.82, 2.24) is 9.38 Å². The maximum atomic E-state index is 11.2. The lowest BCUT2D eigenvalue weighted by atomic mass is 10.4. The molecule has 0 bridgehead atoms. The molecule has 0 amide bonds. The van der Waals surface area contributed by atoms with Gasteiger partial charge in [-0.05, 0) is 22.4 Å². The van der Waals surface area contributed by atoms with Gasteiger partial charge in [-0.25, -0.2) is 0 Å². The van der Waals surface area contributed by atoms with Crippen LogP contribution in [0.1, 0.15) is 4.88 Å². The summed E-state index contributed by atoms with van der Waals surface area (Å²) in [5.41, 5.74) is 0.558. The zero-order chi connectivity index (χ0) is 13.2. The largest absolute Gasteiger partial charge is 0.372 e. The minimum absolute atomic E-state index is 0.0350. The van der Waals surface area contributed by atoms with E-state index in [1.807, 2.05) is 17.5 Å². The molecule has 0 spiro atoms. The van der Waals surface area contributed by atoms with Gasteiger partial charge in [0.2, 0.25) is 11.5 Å². The maximum absolute atomic E-state index is 11.2. The summed E-state index contributed by atoms with van der Waals surface area (Å²) in [6, 6.07) is 9.20. The summed E-state index contributed by atoms with van der Waals surface area (Å²) in [4.78, 5) is 16.1. The molecule has 1 N–H and O–H groups in total. The molecule has 0 radical (unpaired) electrons. The first kappa shape index (κ1) is 11.7. The number of fused-ring (bicyclic) bond motifs is 1. The van der Waals surface area contributed by atoms with Gasteiger partial charge in [-0.2, -0.15) is 9.38 Å². The molecule has 3 aromatic heterocycles. The van der Waals surface area contributed by atoms with Crippen molar-refractivity contribution in [2.24, 2.45) is 0 Å². The Balaban J connectivity index is 1.98. The first-order chi connectivity index (χ1) is 9.25. The predicted molar refractivity (Wildman–Crippen MR) is 73.5 cm³/mol. The number of nitrogens with zero attached hydrogens (tertiary/aromatic N) is 3. The summed E-state index contributed by atoms with van der Waals surface area (Å²) in [6.45, 7) is 0.530. The maximum Gasteiger partial charge on any atom is 0.372 e. The summed E-state index contributed by atoms with van der Waals surface area (Å²) in [5.74, 6) is 0.261. The van der Waals surface area contributed by atoms with E-state index in [0.717, 1.165) is 4.88 Å². The fourth-order valence-electron chi connectivity index (χ4n) is 1.86. The van der Waals surface area contributed by atoms with Crippen LogP contribution in [0.2, 0.25) is 0 Å². The number of nitrogens with one attached hydrogen (secondary N) is 1. The van der Waals surface area contributed by atoms with Crippen LogP contribution < -0.4 is 5.32 Å². The van der Waals surface area contributed by atoms with E-state index in [1.54, 1.807) is 35.7 Å². The molecule has 0 unspecified atom stereocenters. The van der Waals surface area contributed by atoms with Crippen LogP contribution in [0.4, 0.5) is 11.6 Å². The Kier molecular flexibility index (Phi) is 2.88. The Hall–Kier alpha value is -2.41. The van der Waals surface area contributed by atoms with Gasteiger partial charge < -0.3 is 15.4 Å². The molecular weight excluding hydrogens is 264 g/mol. The Labute approximate surface area is 112 Å². The van der Waals surface area contributed by atoms with E-state index in [1.165, 1.54) is 4.40 Å². The number of hydrogen-bond acceptors (Lipinski definition) is 5. The van der Waals surface area contributed by atoms with Crippen LogP contribution in [0.15, 0.2) is 41.9 Å². The average molecular weight is 274 g/mol. The lowest BCUT2D eigenvalue weighted by Gasteiger charge is -2.00. The SMILES string of the molecule is O=[N+]([O-])c1c(NCc2cccs2)nc2ccccn12. The van der Waals surface area contributed by atoms with E-state index in [-0.39, 0.29) is 5.82 Å². The van der Waals surface area contributed by atoms with Gasteiger partial charge >= 0.3 is 5.82 Å². The Bertz CT molecular complexity index is 720. The zero-order valence-corrected chi connectivity index (χ0v) is 10.6.